The van der Waals surface area contributed by atoms with Crippen LogP contribution in [0.5, 0.6) is 5.75 Å². The zero-order valence-corrected chi connectivity index (χ0v) is 13.9. The summed E-state index contributed by atoms with van der Waals surface area (Å²) in [5.74, 6) is 1.26. The molecule has 3 nitrogen and oxygen atoms in total. The maximum absolute atomic E-state index is 11.9. The Kier molecular flexibility index (Phi) is 6.67. The van der Waals surface area contributed by atoms with Crippen LogP contribution in [0.2, 0.25) is 0 Å². The van der Waals surface area contributed by atoms with E-state index in [2.05, 4.69) is 24.4 Å². The van der Waals surface area contributed by atoms with E-state index in [0.29, 0.717) is 25.5 Å². The lowest BCUT2D eigenvalue weighted by Gasteiger charge is -2.13. The average Bonchev–Trinajstić information content (AvgIpc) is 2.59. The molecule has 3 heteroatoms. The molecule has 122 valence electrons. The number of nitrogens with one attached hydrogen (secondary N) is 1. The molecule has 2 rings (SSSR count). The molecule has 0 aliphatic carbocycles. The highest BCUT2D eigenvalue weighted by molar-refractivity contribution is 5.75. The van der Waals surface area contributed by atoms with Gasteiger partial charge in [0.25, 0.3) is 0 Å². The Morgan fingerprint density at radius 3 is 2.48 bits per heavy atom. The summed E-state index contributed by atoms with van der Waals surface area (Å²) in [5, 5.41) is 2.99. The van der Waals surface area contributed by atoms with Crippen molar-refractivity contribution in [3.05, 3.63) is 65.7 Å². The molecule has 0 saturated carbocycles. The monoisotopic (exact) mass is 311 g/mol. The van der Waals surface area contributed by atoms with Crippen molar-refractivity contribution in [1.29, 1.82) is 0 Å². The van der Waals surface area contributed by atoms with E-state index in [0.717, 1.165) is 12.2 Å². The minimum absolute atomic E-state index is 0.0836. The first-order chi connectivity index (χ1) is 11.1. The van der Waals surface area contributed by atoms with E-state index in [1.54, 1.807) is 0 Å². The van der Waals surface area contributed by atoms with Crippen LogP contribution < -0.4 is 10.1 Å². The van der Waals surface area contributed by atoms with Gasteiger partial charge in [-0.05, 0) is 37.0 Å². The van der Waals surface area contributed by atoms with Crippen LogP contribution in [0.25, 0.3) is 0 Å². The molecule has 0 spiro atoms. The summed E-state index contributed by atoms with van der Waals surface area (Å²) in [6.07, 6.45) is 1.22. The van der Waals surface area contributed by atoms with E-state index in [-0.39, 0.29) is 5.91 Å². The van der Waals surface area contributed by atoms with Crippen LogP contribution in [0, 0.1) is 6.92 Å². The summed E-state index contributed by atoms with van der Waals surface area (Å²) in [5.41, 5.74) is 2.46. The number of hydrogen-bond donors (Lipinski definition) is 1. The molecule has 1 unspecified atom stereocenters. The lowest BCUT2D eigenvalue weighted by Crippen LogP contribution is -2.27. The third-order valence-electron chi connectivity index (χ3n) is 3.81. The van der Waals surface area contributed by atoms with Crippen molar-refractivity contribution in [2.24, 2.45) is 0 Å². The largest absolute Gasteiger partial charge is 0.494 e. The first-order valence-corrected chi connectivity index (χ1v) is 8.16. The Morgan fingerprint density at radius 2 is 1.78 bits per heavy atom. The van der Waals surface area contributed by atoms with Gasteiger partial charge in [0.1, 0.15) is 5.75 Å². The smallest absolute Gasteiger partial charge is 0.220 e. The predicted molar refractivity (Wildman–Crippen MR) is 93.8 cm³/mol. The Morgan fingerprint density at radius 1 is 1.09 bits per heavy atom. The highest BCUT2D eigenvalue weighted by Crippen LogP contribution is 2.13. The molecule has 1 atom stereocenters. The second kappa shape index (κ2) is 8.99. The van der Waals surface area contributed by atoms with E-state index in [9.17, 15) is 4.79 Å². The number of rotatable bonds is 8. The van der Waals surface area contributed by atoms with E-state index < -0.39 is 0 Å². The number of carbonyl (C=O) groups is 1. The second-order valence-electron chi connectivity index (χ2n) is 5.88. The molecule has 0 heterocycles. The third-order valence-corrected chi connectivity index (χ3v) is 3.81. The summed E-state index contributed by atoms with van der Waals surface area (Å²) in [4.78, 5) is 11.9. The third kappa shape index (κ3) is 6.15. The second-order valence-corrected chi connectivity index (χ2v) is 5.88. The minimum Gasteiger partial charge on any atom is -0.494 e. The molecule has 1 N–H and O–H groups in total. The number of amides is 1. The summed E-state index contributed by atoms with van der Waals surface area (Å²) >= 11 is 0. The molecule has 0 bridgehead atoms. The molecule has 1 amide bonds. The van der Waals surface area contributed by atoms with Gasteiger partial charge in [0, 0.05) is 13.0 Å². The van der Waals surface area contributed by atoms with Gasteiger partial charge in [0.2, 0.25) is 5.91 Å². The molecule has 23 heavy (non-hydrogen) atoms. The SMILES string of the molecule is Cc1ccc(OCCCC(=O)NCC(C)c2ccccc2)cc1. The lowest BCUT2D eigenvalue weighted by atomic mass is 10.0. The van der Waals surface area contributed by atoms with Crippen LogP contribution in [0.1, 0.15) is 36.8 Å². The van der Waals surface area contributed by atoms with Gasteiger partial charge in [0.05, 0.1) is 6.61 Å². The first-order valence-electron chi connectivity index (χ1n) is 8.16. The van der Waals surface area contributed by atoms with Gasteiger partial charge in [-0.1, -0.05) is 55.0 Å². The lowest BCUT2D eigenvalue weighted by molar-refractivity contribution is -0.121. The molecule has 0 fully saturated rings. The number of hydrogen-bond acceptors (Lipinski definition) is 2. The molecule has 0 aromatic heterocycles. The fraction of sp³-hybridized carbons (Fsp3) is 0.350. The quantitative estimate of drug-likeness (QED) is 0.746. The average molecular weight is 311 g/mol. The molecular formula is C20H25NO2. The zero-order valence-electron chi connectivity index (χ0n) is 13.9. The van der Waals surface area contributed by atoms with Crippen molar-refractivity contribution in [3.63, 3.8) is 0 Å². The Labute approximate surface area is 138 Å². The number of ether oxygens (including phenoxy) is 1. The number of carbonyl (C=O) groups excluding carboxylic acids is 1. The molecule has 0 radical (unpaired) electrons. The highest BCUT2D eigenvalue weighted by atomic mass is 16.5. The van der Waals surface area contributed by atoms with Gasteiger partial charge in [-0.3, -0.25) is 4.79 Å². The van der Waals surface area contributed by atoms with Gasteiger partial charge >= 0.3 is 0 Å². The van der Waals surface area contributed by atoms with Crippen LogP contribution in [0.15, 0.2) is 54.6 Å². The summed E-state index contributed by atoms with van der Waals surface area (Å²) in [7, 11) is 0. The van der Waals surface area contributed by atoms with Gasteiger partial charge < -0.3 is 10.1 Å². The van der Waals surface area contributed by atoms with Crippen LogP contribution in [0.4, 0.5) is 0 Å². The predicted octanol–water partition coefficient (Wildman–Crippen LogP) is 4.07. The maximum Gasteiger partial charge on any atom is 0.220 e. The number of benzene rings is 2. The Bertz CT molecular complexity index is 593. The van der Waals surface area contributed by atoms with Crippen LogP contribution >= 0.6 is 0 Å². The van der Waals surface area contributed by atoms with Gasteiger partial charge in [-0.25, -0.2) is 0 Å². The number of aryl methyl sites for hydroxylation is 1. The summed E-state index contributed by atoms with van der Waals surface area (Å²) in [6, 6.07) is 18.2. The Hall–Kier alpha value is -2.29. The van der Waals surface area contributed by atoms with Crippen LogP contribution in [-0.4, -0.2) is 19.1 Å². The van der Waals surface area contributed by atoms with E-state index in [4.69, 9.17) is 4.74 Å². The minimum atomic E-state index is 0.0836. The first kappa shape index (κ1) is 17.1. The van der Waals surface area contributed by atoms with E-state index >= 15 is 0 Å². The molecule has 0 aliphatic rings. The standard InChI is InChI=1S/C20H25NO2/c1-16-10-12-19(13-11-16)23-14-6-9-20(22)21-15-17(2)18-7-4-3-5-8-18/h3-5,7-8,10-13,17H,6,9,14-15H2,1-2H3,(H,21,22). The molecule has 2 aromatic carbocycles. The Balaban J connectivity index is 1.61. The molecule has 2 aromatic rings. The maximum atomic E-state index is 11.9. The van der Waals surface area contributed by atoms with Crippen molar-refractivity contribution in [1.82, 2.24) is 5.32 Å². The van der Waals surface area contributed by atoms with Gasteiger partial charge in [-0.2, -0.15) is 0 Å². The highest BCUT2D eigenvalue weighted by Gasteiger charge is 2.07. The fourth-order valence-electron chi connectivity index (χ4n) is 2.31. The van der Waals surface area contributed by atoms with Crippen molar-refractivity contribution >= 4 is 5.91 Å². The van der Waals surface area contributed by atoms with Crippen LogP contribution in [-0.2, 0) is 4.79 Å². The van der Waals surface area contributed by atoms with Crippen molar-refractivity contribution in [2.75, 3.05) is 13.2 Å². The topological polar surface area (TPSA) is 38.3 Å². The molecule has 0 saturated heterocycles. The molecule has 0 aliphatic heterocycles. The van der Waals surface area contributed by atoms with Crippen LogP contribution in [0.3, 0.4) is 0 Å². The summed E-state index contributed by atoms with van der Waals surface area (Å²) in [6.45, 7) is 5.40. The van der Waals surface area contributed by atoms with Gasteiger partial charge in [-0.15, -0.1) is 0 Å². The normalized spacial score (nSPS) is 11.7. The van der Waals surface area contributed by atoms with E-state index in [1.807, 2.05) is 49.4 Å². The van der Waals surface area contributed by atoms with E-state index in [1.165, 1.54) is 11.1 Å². The van der Waals surface area contributed by atoms with Crippen molar-refractivity contribution < 1.29 is 9.53 Å². The molecular weight excluding hydrogens is 286 g/mol. The summed E-state index contributed by atoms with van der Waals surface area (Å²) < 4.78 is 5.63. The van der Waals surface area contributed by atoms with Crippen molar-refractivity contribution in [3.8, 4) is 5.75 Å². The fourth-order valence-corrected chi connectivity index (χ4v) is 2.31. The van der Waals surface area contributed by atoms with Crippen molar-refractivity contribution in [2.45, 2.75) is 32.6 Å². The zero-order chi connectivity index (χ0) is 16.5. The van der Waals surface area contributed by atoms with Gasteiger partial charge in [0.15, 0.2) is 0 Å².